The molecule has 4 rings (SSSR count). The lowest BCUT2D eigenvalue weighted by atomic mass is 10.0. The minimum atomic E-state index is -4.15. The number of nitrogens with one attached hydrogen (secondary N) is 2. The summed E-state index contributed by atoms with van der Waals surface area (Å²) >= 11 is 6.18. The number of fused-ring (bicyclic) bond motifs is 1. The van der Waals surface area contributed by atoms with Gasteiger partial charge < -0.3 is 0 Å². The minimum Gasteiger partial charge on any atom is -0.293 e. The number of hydroxylamine groups is 1. The number of guanidine groups is 1. The van der Waals surface area contributed by atoms with Gasteiger partial charge in [-0.1, -0.05) is 41.4 Å². The molecular weight excluding hydrogens is 520 g/mol. The van der Waals surface area contributed by atoms with Gasteiger partial charge in [-0.3, -0.25) is 20.4 Å². The summed E-state index contributed by atoms with van der Waals surface area (Å²) in [6.45, 7) is 3.84. The van der Waals surface area contributed by atoms with Gasteiger partial charge in [0.25, 0.3) is 5.69 Å². The molecule has 0 aliphatic heterocycles. The zero-order chi connectivity index (χ0) is 26.6. The van der Waals surface area contributed by atoms with Gasteiger partial charge in [0.15, 0.2) is 0 Å². The standard InChI is InChI=1S/C24H21ClN6O5S/c1-3-26-23(30-36-37(34,35)17-11-8-15(2)9-12-17)29-24-27-20-13-10-16(25)14-19(20)22(28-24)18-6-4-5-7-21(18)31(32)33/h4-14H,3H2,1-2H3,(H2,26,27,28,29,30). The quantitative estimate of drug-likeness (QED) is 0.145. The van der Waals surface area contributed by atoms with E-state index in [0.29, 0.717) is 15.9 Å². The Kier molecular flexibility index (Phi) is 7.62. The Morgan fingerprint density at radius 3 is 2.54 bits per heavy atom. The fourth-order valence-electron chi connectivity index (χ4n) is 3.40. The maximum absolute atomic E-state index is 12.6. The van der Waals surface area contributed by atoms with Gasteiger partial charge in [-0.25, -0.2) is 15.4 Å². The molecule has 1 heterocycles. The van der Waals surface area contributed by atoms with Crippen molar-refractivity contribution in [2.24, 2.45) is 4.99 Å². The molecule has 0 fully saturated rings. The van der Waals surface area contributed by atoms with Crippen LogP contribution >= 0.6 is 11.6 Å². The predicted molar refractivity (Wildman–Crippen MR) is 141 cm³/mol. The fraction of sp³-hybridized carbons (Fsp3) is 0.125. The molecule has 0 aliphatic carbocycles. The second kappa shape index (κ2) is 10.9. The first-order valence-corrected chi connectivity index (χ1v) is 12.8. The van der Waals surface area contributed by atoms with Crippen LogP contribution in [0.2, 0.25) is 5.02 Å². The molecule has 4 aromatic rings. The molecule has 0 saturated heterocycles. The Morgan fingerprint density at radius 2 is 1.84 bits per heavy atom. The van der Waals surface area contributed by atoms with Gasteiger partial charge in [0.2, 0.25) is 11.9 Å². The van der Waals surface area contributed by atoms with Gasteiger partial charge >= 0.3 is 10.1 Å². The largest absolute Gasteiger partial charge is 0.317 e. The van der Waals surface area contributed by atoms with Crippen molar-refractivity contribution in [1.29, 1.82) is 0 Å². The van der Waals surface area contributed by atoms with Crippen LogP contribution in [0.5, 0.6) is 0 Å². The Hall–Kier alpha value is -4.13. The van der Waals surface area contributed by atoms with Crippen molar-refractivity contribution < 1.29 is 17.6 Å². The summed E-state index contributed by atoms with van der Waals surface area (Å²) in [5.74, 6) is -0.0842. The van der Waals surface area contributed by atoms with Crippen molar-refractivity contribution in [1.82, 2.24) is 15.4 Å². The lowest BCUT2D eigenvalue weighted by molar-refractivity contribution is -0.384. The average Bonchev–Trinajstić information content (AvgIpc) is 2.87. The number of aryl methyl sites for hydroxylation is 1. The second-order valence-corrected chi connectivity index (χ2v) is 9.71. The first-order valence-electron chi connectivity index (χ1n) is 11.0. The maximum atomic E-state index is 12.6. The third-order valence-corrected chi connectivity index (χ3v) is 6.51. The molecule has 11 nitrogen and oxygen atoms in total. The second-order valence-electron chi connectivity index (χ2n) is 7.73. The minimum absolute atomic E-state index is 0.000919. The number of hydrogen-bond acceptors (Lipinski definition) is 8. The van der Waals surface area contributed by atoms with E-state index in [1.165, 1.54) is 18.2 Å². The molecule has 0 unspecified atom stereocenters. The molecule has 3 aromatic carbocycles. The zero-order valence-electron chi connectivity index (χ0n) is 19.7. The molecular formula is C24H21ClN6O5S. The summed E-state index contributed by atoms with van der Waals surface area (Å²) in [6, 6.07) is 17.2. The van der Waals surface area contributed by atoms with Crippen LogP contribution in [0.4, 0.5) is 11.6 Å². The number of aliphatic imine (C=N–C) groups is 1. The molecule has 2 N–H and O–H groups in total. The lowest BCUT2D eigenvalue weighted by Gasteiger charge is -2.13. The summed E-state index contributed by atoms with van der Waals surface area (Å²) in [4.78, 5) is 24.2. The maximum Gasteiger partial charge on any atom is 0.317 e. The van der Waals surface area contributed by atoms with Crippen molar-refractivity contribution in [3.05, 3.63) is 87.4 Å². The first kappa shape index (κ1) is 25.9. The van der Waals surface area contributed by atoms with E-state index in [0.717, 1.165) is 5.56 Å². The van der Waals surface area contributed by atoms with E-state index in [-0.39, 0.29) is 40.3 Å². The Labute approximate surface area is 217 Å². The van der Waals surface area contributed by atoms with Gasteiger partial charge in [-0.15, -0.1) is 4.28 Å². The smallest absolute Gasteiger partial charge is 0.293 e. The van der Waals surface area contributed by atoms with Crippen LogP contribution in [0.3, 0.4) is 0 Å². The van der Waals surface area contributed by atoms with E-state index < -0.39 is 15.0 Å². The van der Waals surface area contributed by atoms with Gasteiger partial charge in [0.05, 0.1) is 26.6 Å². The highest BCUT2D eigenvalue weighted by molar-refractivity contribution is 7.86. The van der Waals surface area contributed by atoms with E-state index in [4.69, 9.17) is 15.9 Å². The fourth-order valence-corrected chi connectivity index (χ4v) is 4.33. The van der Waals surface area contributed by atoms with Crippen molar-refractivity contribution >= 4 is 50.2 Å². The molecule has 0 saturated carbocycles. The van der Waals surface area contributed by atoms with Gasteiger partial charge in [0.1, 0.15) is 0 Å². The average molecular weight is 541 g/mol. The van der Waals surface area contributed by atoms with Crippen LogP contribution in [0, 0.1) is 17.0 Å². The normalized spacial score (nSPS) is 11.9. The number of nitrogens with zero attached hydrogens (tertiary/aromatic N) is 4. The summed E-state index contributed by atoms with van der Waals surface area (Å²) in [5.41, 5.74) is 4.01. The highest BCUT2D eigenvalue weighted by Crippen LogP contribution is 2.34. The number of halogens is 1. The topological polar surface area (TPSA) is 149 Å². The van der Waals surface area contributed by atoms with E-state index in [1.54, 1.807) is 55.5 Å². The summed E-state index contributed by atoms with van der Waals surface area (Å²) < 4.78 is 30.1. The molecule has 0 amide bonds. The number of benzene rings is 3. The highest BCUT2D eigenvalue weighted by Gasteiger charge is 2.21. The Balaban J connectivity index is 1.70. The molecule has 190 valence electrons. The molecule has 0 aliphatic rings. The zero-order valence-corrected chi connectivity index (χ0v) is 21.2. The van der Waals surface area contributed by atoms with Crippen LogP contribution in [0.1, 0.15) is 12.5 Å². The van der Waals surface area contributed by atoms with E-state index in [1.807, 2.05) is 6.92 Å². The third kappa shape index (κ3) is 6.00. The van der Waals surface area contributed by atoms with Crippen LogP contribution in [-0.2, 0) is 14.4 Å². The van der Waals surface area contributed by atoms with Gasteiger partial charge in [-0.2, -0.15) is 8.42 Å². The van der Waals surface area contributed by atoms with Gasteiger partial charge in [0, 0.05) is 23.0 Å². The third-order valence-electron chi connectivity index (χ3n) is 5.12. The van der Waals surface area contributed by atoms with E-state index >= 15 is 0 Å². The van der Waals surface area contributed by atoms with E-state index in [9.17, 15) is 18.5 Å². The van der Waals surface area contributed by atoms with Crippen LogP contribution < -0.4 is 10.8 Å². The number of anilines is 1. The Morgan fingerprint density at radius 1 is 1.11 bits per heavy atom. The first-order chi connectivity index (χ1) is 17.7. The Bertz CT molecular complexity index is 1610. The molecule has 1 aromatic heterocycles. The molecule has 0 spiro atoms. The highest BCUT2D eigenvalue weighted by atomic mass is 35.5. The number of hydrogen-bond donors (Lipinski definition) is 2. The van der Waals surface area contributed by atoms with Crippen molar-refractivity contribution in [2.75, 3.05) is 11.9 Å². The van der Waals surface area contributed by atoms with Crippen molar-refractivity contribution in [3.8, 4) is 11.3 Å². The lowest BCUT2D eigenvalue weighted by Crippen LogP contribution is -2.34. The SMILES string of the molecule is CCN=C(NOS(=O)(=O)c1ccc(C)cc1)Nc1nc(-c2ccccc2[N+](=O)[O-])c2cc(Cl)ccc2n1. The van der Waals surface area contributed by atoms with Crippen LogP contribution in [0.15, 0.2) is 76.6 Å². The predicted octanol–water partition coefficient (Wildman–Crippen LogP) is 4.86. The molecule has 13 heteroatoms. The molecule has 0 bridgehead atoms. The molecule has 0 radical (unpaired) electrons. The molecule has 37 heavy (non-hydrogen) atoms. The number of nitro groups is 1. The molecule has 0 atom stereocenters. The van der Waals surface area contributed by atoms with E-state index in [2.05, 4.69) is 25.8 Å². The van der Waals surface area contributed by atoms with Crippen molar-refractivity contribution in [2.45, 2.75) is 18.7 Å². The summed E-state index contributed by atoms with van der Waals surface area (Å²) in [7, 11) is -4.15. The monoisotopic (exact) mass is 540 g/mol. The van der Waals surface area contributed by atoms with Crippen LogP contribution in [-0.4, -0.2) is 35.8 Å². The number of para-hydroxylation sites is 1. The summed E-state index contributed by atoms with van der Waals surface area (Å²) in [5, 5.41) is 15.4. The number of aromatic nitrogens is 2. The summed E-state index contributed by atoms with van der Waals surface area (Å²) in [6.07, 6.45) is 0. The van der Waals surface area contributed by atoms with Crippen LogP contribution in [0.25, 0.3) is 22.2 Å². The van der Waals surface area contributed by atoms with Gasteiger partial charge in [-0.05, 0) is 50.2 Å². The van der Waals surface area contributed by atoms with Crippen molar-refractivity contribution in [3.63, 3.8) is 0 Å². The number of rotatable bonds is 7. The number of nitro benzene ring substituents is 1.